The molecule has 0 heterocycles. The molecule has 4 heteroatoms. The van der Waals surface area contributed by atoms with Gasteiger partial charge in [-0.1, -0.05) is 0 Å². The summed E-state index contributed by atoms with van der Waals surface area (Å²) in [4.78, 5) is 0. The molecule has 0 saturated heterocycles. The van der Waals surface area contributed by atoms with Crippen LogP contribution in [0, 0.1) is 0 Å². The van der Waals surface area contributed by atoms with Gasteiger partial charge in [-0.25, -0.2) is 0 Å². The van der Waals surface area contributed by atoms with Crippen molar-refractivity contribution in [2.24, 2.45) is 0 Å². The third-order valence-electron chi connectivity index (χ3n) is 1.48. The van der Waals surface area contributed by atoms with Crippen molar-refractivity contribution in [2.45, 2.75) is 33.2 Å². The Morgan fingerprint density at radius 2 is 1.57 bits per heavy atom. The van der Waals surface area contributed by atoms with Gasteiger partial charge in [-0.3, -0.25) is 0 Å². The largest absolute Gasteiger partial charge is 0.382 e. The Balaban J connectivity index is 3.10. The SMILES string of the molecule is COCCOCCOC(C)OC(C)C. The van der Waals surface area contributed by atoms with E-state index in [0.717, 1.165) is 0 Å². The summed E-state index contributed by atoms with van der Waals surface area (Å²) < 4.78 is 20.8. The predicted molar refractivity (Wildman–Crippen MR) is 54.3 cm³/mol. The molecule has 0 amide bonds. The monoisotopic (exact) mass is 206 g/mol. The molecule has 0 aromatic carbocycles. The van der Waals surface area contributed by atoms with Gasteiger partial charge in [0.1, 0.15) is 0 Å². The molecular weight excluding hydrogens is 184 g/mol. The minimum Gasteiger partial charge on any atom is -0.382 e. The molecule has 0 spiro atoms. The van der Waals surface area contributed by atoms with Crippen LogP contribution in [0.25, 0.3) is 0 Å². The van der Waals surface area contributed by atoms with Gasteiger partial charge in [0.05, 0.1) is 32.5 Å². The zero-order valence-electron chi connectivity index (χ0n) is 9.62. The summed E-state index contributed by atoms with van der Waals surface area (Å²) in [6, 6.07) is 0. The maximum atomic E-state index is 5.38. The number of hydrogen-bond acceptors (Lipinski definition) is 4. The molecule has 1 atom stereocenters. The molecule has 0 fully saturated rings. The molecule has 0 aromatic heterocycles. The molecule has 86 valence electrons. The van der Waals surface area contributed by atoms with Crippen LogP contribution in [0.15, 0.2) is 0 Å². The van der Waals surface area contributed by atoms with Gasteiger partial charge >= 0.3 is 0 Å². The highest BCUT2D eigenvalue weighted by molar-refractivity contribution is 4.39. The summed E-state index contributed by atoms with van der Waals surface area (Å²) in [6.07, 6.45) is 0.0282. The molecular formula is C10H22O4. The quantitative estimate of drug-likeness (QED) is 0.422. The average molecular weight is 206 g/mol. The topological polar surface area (TPSA) is 36.9 Å². The molecule has 0 saturated carbocycles. The fourth-order valence-electron chi connectivity index (χ4n) is 0.940. The zero-order valence-corrected chi connectivity index (χ0v) is 9.62. The Labute approximate surface area is 86.5 Å². The number of rotatable bonds is 9. The Morgan fingerprint density at radius 1 is 0.929 bits per heavy atom. The van der Waals surface area contributed by atoms with Gasteiger partial charge < -0.3 is 18.9 Å². The first-order valence-electron chi connectivity index (χ1n) is 5.00. The number of methoxy groups -OCH3 is 1. The molecule has 0 aliphatic rings. The van der Waals surface area contributed by atoms with Crippen molar-refractivity contribution in [3.63, 3.8) is 0 Å². The minimum absolute atomic E-state index is 0.166. The van der Waals surface area contributed by atoms with Crippen molar-refractivity contribution in [1.82, 2.24) is 0 Å². The first kappa shape index (κ1) is 13.8. The highest BCUT2D eigenvalue weighted by atomic mass is 16.7. The van der Waals surface area contributed by atoms with Crippen LogP contribution < -0.4 is 0 Å². The number of ether oxygens (including phenoxy) is 4. The third-order valence-corrected chi connectivity index (χ3v) is 1.48. The predicted octanol–water partition coefficient (Wildman–Crippen LogP) is 1.44. The normalized spacial score (nSPS) is 13.5. The lowest BCUT2D eigenvalue weighted by Crippen LogP contribution is -2.20. The van der Waals surface area contributed by atoms with Crippen molar-refractivity contribution in [3.05, 3.63) is 0 Å². The van der Waals surface area contributed by atoms with E-state index in [1.54, 1.807) is 7.11 Å². The summed E-state index contributed by atoms with van der Waals surface area (Å²) in [5, 5.41) is 0. The molecule has 0 aromatic rings. The fraction of sp³-hybridized carbons (Fsp3) is 1.00. The van der Waals surface area contributed by atoms with Crippen LogP contribution in [-0.2, 0) is 18.9 Å². The maximum absolute atomic E-state index is 5.38. The Hall–Kier alpha value is -0.160. The van der Waals surface area contributed by atoms with Crippen molar-refractivity contribution in [1.29, 1.82) is 0 Å². The van der Waals surface area contributed by atoms with E-state index in [-0.39, 0.29) is 12.4 Å². The van der Waals surface area contributed by atoms with E-state index in [4.69, 9.17) is 18.9 Å². The molecule has 0 aliphatic heterocycles. The van der Waals surface area contributed by atoms with Gasteiger partial charge in [-0.05, 0) is 20.8 Å². The highest BCUT2D eigenvalue weighted by Crippen LogP contribution is 1.98. The van der Waals surface area contributed by atoms with Crippen molar-refractivity contribution >= 4 is 0 Å². The smallest absolute Gasteiger partial charge is 0.155 e. The molecule has 0 bridgehead atoms. The third kappa shape index (κ3) is 9.92. The van der Waals surface area contributed by atoms with E-state index in [1.807, 2.05) is 20.8 Å². The summed E-state index contributed by atoms with van der Waals surface area (Å²) >= 11 is 0. The highest BCUT2D eigenvalue weighted by Gasteiger charge is 2.03. The van der Waals surface area contributed by atoms with E-state index in [9.17, 15) is 0 Å². The molecule has 4 nitrogen and oxygen atoms in total. The summed E-state index contributed by atoms with van der Waals surface area (Å²) in [6.45, 7) is 8.21. The van der Waals surface area contributed by atoms with Gasteiger partial charge in [-0.2, -0.15) is 0 Å². The molecule has 0 aliphatic carbocycles. The van der Waals surface area contributed by atoms with E-state index < -0.39 is 0 Å². The van der Waals surface area contributed by atoms with Gasteiger partial charge in [0.2, 0.25) is 0 Å². The Kier molecular flexibility index (Phi) is 9.29. The van der Waals surface area contributed by atoms with E-state index in [0.29, 0.717) is 26.4 Å². The average Bonchev–Trinajstić information content (AvgIpc) is 2.10. The lowest BCUT2D eigenvalue weighted by atomic mass is 10.5. The van der Waals surface area contributed by atoms with Crippen LogP contribution in [0.5, 0.6) is 0 Å². The summed E-state index contributed by atoms with van der Waals surface area (Å²) in [5.74, 6) is 0. The molecule has 1 unspecified atom stereocenters. The van der Waals surface area contributed by atoms with E-state index in [2.05, 4.69) is 0 Å². The fourth-order valence-corrected chi connectivity index (χ4v) is 0.940. The summed E-state index contributed by atoms with van der Waals surface area (Å²) in [5.41, 5.74) is 0. The zero-order chi connectivity index (χ0) is 10.8. The van der Waals surface area contributed by atoms with Gasteiger partial charge in [0.25, 0.3) is 0 Å². The second-order valence-corrected chi connectivity index (χ2v) is 3.23. The lowest BCUT2D eigenvalue weighted by molar-refractivity contribution is -0.158. The molecule has 0 rings (SSSR count). The first-order chi connectivity index (χ1) is 6.66. The van der Waals surface area contributed by atoms with Crippen LogP contribution in [0.1, 0.15) is 20.8 Å². The Bertz CT molecular complexity index is 117. The summed E-state index contributed by atoms with van der Waals surface area (Å²) in [7, 11) is 1.65. The van der Waals surface area contributed by atoms with Crippen LogP contribution >= 0.6 is 0 Å². The molecule has 14 heavy (non-hydrogen) atoms. The number of hydrogen-bond donors (Lipinski definition) is 0. The second-order valence-electron chi connectivity index (χ2n) is 3.23. The van der Waals surface area contributed by atoms with Crippen molar-refractivity contribution < 1.29 is 18.9 Å². The Morgan fingerprint density at radius 3 is 2.14 bits per heavy atom. The van der Waals surface area contributed by atoms with E-state index >= 15 is 0 Å². The lowest BCUT2D eigenvalue weighted by Gasteiger charge is -2.16. The van der Waals surface area contributed by atoms with Crippen LogP contribution in [-0.4, -0.2) is 45.9 Å². The molecule has 0 N–H and O–H groups in total. The van der Waals surface area contributed by atoms with Crippen molar-refractivity contribution in [2.75, 3.05) is 33.5 Å². The van der Waals surface area contributed by atoms with Crippen LogP contribution in [0.4, 0.5) is 0 Å². The van der Waals surface area contributed by atoms with Crippen molar-refractivity contribution in [3.8, 4) is 0 Å². The van der Waals surface area contributed by atoms with Gasteiger partial charge in [0.15, 0.2) is 6.29 Å². The standard InChI is InChI=1S/C10H22O4/c1-9(2)14-10(3)13-8-7-12-6-5-11-4/h9-10H,5-8H2,1-4H3. The second kappa shape index (κ2) is 9.40. The van der Waals surface area contributed by atoms with Gasteiger partial charge in [-0.15, -0.1) is 0 Å². The van der Waals surface area contributed by atoms with Gasteiger partial charge in [0, 0.05) is 7.11 Å². The van der Waals surface area contributed by atoms with E-state index in [1.165, 1.54) is 0 Å². The molecule has 0 radical (unpaired) electrons. The first-order valence-corrected chi connectivity index (χ1v) is 5.00. The van der Waals surface area contributed by atoms with Crippen LogP contribution in [0.2, 0.25) is 0 Å². The minimum atomic E-state index is -0.166. The van der Waals surface area contributed by atoms with Crippen LogP contribution in [0.3, 0.4) is 0 Å². The maximum Gasteiger partial charge on any atom is 0.155 e.